The second kappa shape index (κ2) is 20.9. The van der Waals surface area contributed by atoms with Crippen LogP contribution in [0.3, 0.4) is 0 Å². The molecule has 0 spiro atoms. The molecule has 322 valence electrons. The number of hydrogen-bond donors (Lipinski definition) is 2. The lowest BCUT2D eigenvalue weighted by Crippen LogP contribution is -2.39. The first kappa shape index (κ1) is 45.1. The molecular formula is C45H54N7O8P. The number of nitrogens with zero attached hydrogens (tertiary/aromatic N) is 5. The molecule has 61 heavy (non-hydrogen) atoms. The Hall–Kier alpha value is -5.46. The van der Waals surface area contributed by atoms with Crippen LogP contribution in [0.2, 0.25) is 0 Å². The molecule has 16 heteroatoms. The summed E-state index contributed by atoms with van der Waals surface area (Å²) in [5.41, 5.74) is 1.20. The third kappa shape index (κ3) is 10.4. The van der Waals surface area contributed by atoms with Gasteiger partial charge in [-0.1, -0.05) is 60.7 Å². The third-order valence-corrected chi connectivity index (χ3v) is 12.4. The highest BCUT2D eigenvalue weighted by atomic mass is 31.2. The van der Waals surface area contributed by atoms with Crippen molar-refractivity contribution in [1.82, 2.24) is 24.2 Å². The van der Waals surface area contributed by atoms with Gasteiger partial charge in [-0.05, 0) is 75.1 Å². The molecule has 0 bridgehead atoms. The van der Waals surface area contributed by atoms with E-state index in [0.29, 0.717) is 24.3 Å². The molecular weight excluding hydrogens is 798 g/mol. The summed E-state index contributed by atoms with van der Waals surface area (Å²) in [6.45, 7) is 12.2. The van der Waals surface area contributed by atoms with E-state index in [1.807, 2.05) is 78.9 Å². The van der Waals surface area contributed by atoms with Crippen LogP contribution in [0.15, 0.2) is 103 Å². The Kier molecular flexibility index (Phi) is 15.4. The van der Waals surface area contributed by atoms with Gasteiger partial charge in [-0.2, -0.15) is 10.2 Å². The molecule has 0 aliphatic carbocycles. The minimum Gasteiger partial charge on any atom is -0.497 e. The Bertz CT molecular complexity index is 2260. The van der Waals surface area contributed by atoms with Crippen LogP contribution < -0.4 is 20.3 Å². The molecule has 1 unspecified atom stereocenters. The van der Waals surface area contributed by atoms with E-state index in [-0.39, 0.29) is 61.2 Å². The third-order valence-electron chi connectivity index (χ3n) is 10.3. The number of aromatic nitrogens is 4. The number of amides is 1. The highest BCUT2D eigenvalue weighted by molar-refractivity contribution is 7.44. The molecule has 1 amide bonds. The normalized spacial score (nSPS) is 17.1. The maximum atomic E-state index is 13.2. The topological polar surface area (TPSA) is 175 Å². The molecule has 1 fully saturated rings. The van der Waals surface area contributed by atoms with E-state index in [2.05, 4.69) is 65.3 Å². The summed E-state index contributed by atoms with van der Waals surface area (Å²) in [5, 5.41) is 12.1. The summed E-state index contributed by atoms with van der Waals surface area (Å²) in [6, 6.07) is 27.8. The first-order valence-electron chi connectivity index (χ1n) is 20.3. The molecule has 5 aromatic rings. The van der Waals surface area contributed by atoms with Gasteiger partial charge >= 0.3 is 0 Å². The van der Waals surface area contributed by atoms with Gasteiger partial charge in [-0.25, -0.2) is 9.65 Å². The maximum absolute atomic E-state index is 13.2. The van der Waals surface area contributed by atoms with Gasteiger partial charge in [0.05, 0.1) is 52.4 Å². The highest BCUT2D eigenvalue weighted by Crippen LogP contribution is 2.51. The molecule has 3 aromatic carbocycles. The Morgan fingerprint density at radius 1 is 1.03 bits per heavy atom. The second-order valence-electron chi connectivity index (χ2n) is 15.0. The highest BCUT2D eigenvalue weighted by Gasteiger charge is 2.45. The standard InChI is InChI=1S/C45H54N7O8P/c1-8-9-16-39(53)48-44-49-42-41(43(54)50-44)47-29-51(42)40-27-37(60-61(58-26-13-25-46)52(30(2)3)31(4)5)38(59-40)28-57-45(32-14-11-10-12-15-32,33-17-21-35(55-6)22-18-33)34-19-23-36(56-7)24-20-34/h8,10-12,14-15,17-24,29-31,37-38,40H,1,9,13,16,26-28H2,2-7H3,(H2,48,49,50,53,54)/t37-,38+,40+,61?/m0/s1. The van der Waals surface area contributed by atoms with Crippen LogP contribution in [0.5, 0.6) is 11.5 Å². The van der Waals surface area contributed by atoms with Crippen LogP contribution in [0.25, 0.3) is 11.2 Å². The SMILES string of the molecule is C=CCCC(=O)Nc1nc2c(ncn2[C@H]2C[C@H](OP(OCCC#N)N(C(C)C)C(C)C)[C@@H](COC(c3ccccc3)(c3ccc(OC)cc3)c3ccc(OC)cc3)O2)c(=O)[nH]1. The Morgan fingerprint density at radius 2 is 1.66 bits per heavy atom. The number of nitriles is 1. The van der Waals surface area contributed by atoms with E-state index in [9.17, 15) is 14.9 Å². The minimum absolute atomic E-state index is 0.00968. The number of hydrogen-bond acceptors (Lipinski definition) is 12. The van der Waals surface area contributed by atoms with E-state index in [1.165, 1.54) is 6.33 Å². The number of aromatic amines is 1. The summed E-state index contributed by atoms with van der Waals surface area (Å²) in [4.78, 5) is 37.5. The molecule has 0 radical (unpaired) electrons. The van der Waals surface area contributed by atoms with Crippen molar-refractivity contribution in [3.8, 4) is 17.6 Å². The number of carbonyl (C=O) groups is 1. The first-order valence-corrected chi connectivity index (χ1v) is 21.4. The Labute approximate surface area is 357 Å². The fourth-order valence-corrected chi connectivity index (χ4v) is 9.21. The Morgan fingerprint density at radius 3 is 2.23 bits per heavy atom. The number of carbonyl (C=O) groups excluding carboxylic acids is 1. The number of allylic oxidation sites excluding steroid dienone is 1. The van der Waals surface area contributed by atoms with Gasteiger partial charge in [0.2, 0.25) is 11.9 Å². The van der Waals surface area contributed by atoms with Crippen molar-refractivity contribution in [2.45, 2.75) is 89.5 Å². The van der Waals surface area contributed by atoms with Crippen LogP contribution in [0.4, 0.5) is 5.95 Å². The van der Waals surface area contributed by atoms with Crippen LogP contribution in [0.1, 0.15) is 76.3 Å². The number of H-pyrrole nitrogens is 1. The van der Waals surface area contributed by atoms with Crippen molar-refractivity contribution in [1.29, 1.82) is 5.26 Å². The second-order valence-corrected chi connectivity index (χ2v) is 16.4. The number of rotatable bonds is 21. The van der Waals surface area contributed by atoms with Gasteiger partial charge in [0.25, 0.3) is 14.1 Å². The van der Waals surface area contributed by atoms with Crippen LogP contribution in [-0.4, -0.2) is 81.8 Å². The van der Waals surface area contributed by atoms with E-state index < -0.39 is 38.1 Å². The van der Waals surface area contributed by atoms with E-state index in [1.54, 1.807) is 24.9 Å². The molecule has 1 aliphatic heterocycles. The average molecular weight is 852 g/mol. The van der Waals surface area contributed by atoms with Gasteiger partial charge in [0, 0.05) is 24.9 Å². The van der Waals surface area contributed by atoms with Crippen molar-refractivity contribution in [3.63, 3.8) is 0 Å². The average Bonchev–Trinajstić information content (AvgIpc) is 3.88. The predicted molar refractivity (Wildman–Crippen MR) is 233 cm³/mol. The fourth-order valence-electron chi connectivity index (χ4n) is 7.45. The molecule has 0 saturated carbocycles. The zero-order chi connectivity index (χ0) is 43.5. The van der Waals surface area contributed by atoms with Gasteiger partial charge in [0.1, 0.15) is 29.4 Å². The minimum atomic E-state index is -1.70. The van der Waals surface area contributed by atoms with E-state index in [4.69, 9.17) is 28.0 Å². The monoisotopic (exact) mass is 851 g/mol. The molecule has 6 rings (SSSR count). The summed E-state index contributed by atoms with van der Waals surface area (Å²) >= 11 is 0. The quantitative estimate of drug-likeness (QED) is 0.0316. The van der Waals surface area contributed by atoms with Crippen molar-refractivity contribution in [2.75, 3.05) is 32.8 Å². The number of methoxy groups -OCH3 is 2. The first-order chi connectivity index (χ1) is 29.5. The van der Waals surface area contributed by atoms with Crippen LogP contribution in [0, 0.1) is 11.3 Å². The smallest absolute Gasteiger partial charge is 0.280 e. The van der Waals surface area contributed by atoms with Crippen molar-refractivity contribution < 1.29 is 32.8 Å². The summed E-state index contributed by atoms with van der Waals surface area (Å²) in [6.07, 6.45) is 2.24. The van der Waals surface area contributed by atoms with E-state index in [0.717, 1.165) is 16.7 Å². The molecule has 2 aromatic heterocycles. The number of fused-ring (bicyclic) bond motifs is 1. The zero-order valence-electron chi connectivity index (χ0n) is 35.4. The van der Waals surface area contributed by atoms with Gasteiger partial charge < -0.3 is 28.0 Å². The number of benzene rings is 3. The summed E-state index contributed by atoms with van der Waals surface area (Å²) in [5.74, 6) is 1.06. The maximum Gasteiger partial charge on any atom is 0.280 e. The molecule has 1 aliphatic rings. The lowest BCUT2D eigenvalue weighted by molar-refractivity contribution is -0.116. The summed E-state index contributed by atoms with van der Waals surface area (Å²) < 4.78 is 42.6. The van der Waals surface area contributed by atoms with Gasteiger partial charge in [-0.15, -0.1) is 6.58 Å². The number of imidazole rings is 1. The lowest BCUT2D eigenvalue weighted by atomic mass is 9.80. The van der Waals surface area contributed by atoms with Crippen molar-refractivity contribution in [3.05, 3.63) is 125 Å². The molecule has 3 heterocycles. The summed E-state index contributed by atoms with van der Waals surface area (Å²) in [7, 11) is 1.55. The van der Waals surface area contributed by atoms with Crippen molar-refractivity contribution >= 4 is 31.5 Å². The number of ether oxygens (including phenoxy) is 4. The Balaban J connectivity index is 1.44. The largest absolute Gasteiger partial charge is 0.497 e. The van der Waals surface area contributed by atoms with Crippen LogP contribution in [-0.2, 0) is 28.9 Å². The van der Waals surface area contributed by atoms with Gasteiger partial charge in [-0.3, -0.25) is 24.5 Å². The number of anilines is 1. The number of nitrogens with one attached hydrogen (secondary N) is 2. The van der Waals surface area contributed by atoms with Crippen LogP contribution >= 0.6 is 8.53 Å². The lowest BCUT2D eigenvalue weighted by Gasteiger charge is -2.39. The zero-order valence-corrected chi connectivity index (χ0v) is 36.3. The fraction of sp³-hybridized carbons (Fsp3) is 0.400. The molecule has 1 saturated heterocycles. The molecule has 15 nitrogen and oxygen atoms in total. The molecule has 4 atom stereocenters. The predicted octanol–water partition coefficient (Wildman–Crippen LogP) is 8.00. The van der Waals surface area contributed by atoms with E-state index >= 15 is 0 Å². The van der Waals surface area contributed by atoms with Gasteiger partial charge in [0.15, 0.2) is 11.2 Å². The molecule has 2 N–H and O–H groups in total. The van der Waals surface area contributed by atoms with Crippen molar-refractivity contribution in [2.24, 2.45) is 0 Å².